The summed E-state index contributed by atoms with van der Waals surface area (Å²) >= 11 is 0. The fraction of sp³-hybridized carbons (Fsp3) is 0.917. The molecule has 82 valence electrons. The molecular formula is C12H23NO. The first-order valence-corrected chi connectivity index (χ1v) is 6.03. The lowest BCUT2D eigenvalue weighted by atomic mass is 9.94. The SMILES string of the molecule is CCCCCCC(C)C1CCC(=O)N1. The Morgan fingerprint density at radius 3 is 2.79 bits per heavy atom. The van der Waals surface area contributed by atoms with Gasteiger partial charge in [-0.25, -0.2) is 0 Å². The Morgan fingerprint density at radius 1 is 1.43 bits per heavy atom. The van der Waals surface area contributed by atoms with Gasteiger partial charge >= 0.3 is 0 Å². The van der Waals surface area contributed by atoms with Crippen LogP contribution in [0.25, 0.3) is 0 Å². The maximum Gasteiger partial charge on any atom is 0.220 e. The van der Waals surface area contributed by atoms with Crippen LogP contribution in [0.2, 0.25) is 0 Å². The topological polar surface area (TPSA) is 29.1 Å². The normalized spacial score (nSPS) is 23.6. The zero-order chi connectivity index (χ0) is 10.4. The van der Waals surface area contributed by atoms with Gasteiger partial charge in [0.25, 0.3) is 0 Å². The van der Waals surface area contributed by atoms with Gasteiger partial charge in [0.05, 0.1) is 0 Å². The molecule has 2 nitrogen and oxygen atoms in total. The second kappa shape index (κ2) is 6.05. The number of hydrogen-bond acceptors (Lipinski definition) is 1. The predicted octanol–water partition coefficient (Wildman–Crippen LogP) is 2.87. The zero-order valence-corrected chi connectivity index (χ0v) is 9.51. The predicted molar refractivity (Wildman–Crippen MR) is 59.1 cm³/mol. The Labute approximate surface area is 87.5 Å². The van der Waals surface area contributed by atoms with Gasteiger partial charge in [-0.3, -0.25) is 4.79 Å². The zero-order valence-electron chi connectivity index (χ0n) is 9.51. The quantitative estimate of drug-likeness (QED) is 0.652. The summed E-state index contributed by atoms with van der Waals surface area (Å²) in [6.07, 6.45) is 8.38. The van der Waals surface area contributed by atoms with Crippen molar-refractivity contribution in [3.8, 4) is 0 Å². The van der Waals surface area contributed by atoms with Crippen LogP contribution < -0.4 is 5.32 Å². The molecule has 0 aromatic heterocycles. The van der Waals surface area contributed by atoms with Gasteiger partial charge < -0.3 is 5.32 Å². The van der Waals surface area contributed by atoms with Crippen LogP contribution in [0.4, 0.5) is 0 Å². The second-order valence-electron chi connectivity index (χ2n) is 4.54. The van der Waals surface area contributed by atoms with Crippen LogP contribution in [0, 0.1) is 5.92 Å². The molecule has 1 N–H and O–H groups in total. The minimum atomic E-state index is 0.246. The number of carbonyl (C=O) groups excluding carboxylic acids is 1. The maximum atomic E-state index is 11.0. The molecule has 0 radical (unpaired) electrons. The van der Waals surface area contributed by atoms with Crippen molar-refractivity contribution in [2.75, 3.05) is 0 Å². The van der Waals surface area contributed by atoms with Gasteiger partial charge in [-0.15, -0.1) is 0 Å². The first kappa shape index (κ1) is 11.5. The lowest BCUT2D eigenvalue weighted by molar-refractivity contribution is -0.119. The van der Waals surface area contributed by atoms with E-state index >= 15 is 0 Å². The van der Waals surface area contributed by atoms with Crippen molar-refractivity contribution in [3.63, 3.8) is 0 Å². The van der Waals surface area contributed by atoms with Crippen LogP contribution >= 0.6 is 0 Å². The highest BCUT2D eigenvalue weighted by Gasteiger charge is 2.25. The number of nitrogens with one attached hydrogen (secondary N) is 1. The lowest BCUT2D eigenvalue weighted by Gasteiger charge is -2.18. The van der Waals surface area contributed by atoms with Crippen LogP contribution in [0.5, 0.6) is 0 Å². The molecule has 1 saturated heterocycles. The van der Waals surface area contributed by atoms with E-state index in [-0.39, 0.29) is 5.91 Å². The molecule has 1 aliphatic heterocycles. The fourth-order valence-corrected chi connectivity index (χ4v) is 2.16. The fourth-order valence-electron chi connectivity index (χ4n) is 2.16. The molecule has 0 bridgehead atoms. The molecule has 2 atom stereocenters. The van der Waals surface area contributed by atoms with E-state index in [1.54, 1.807) is 0 Å². The van der Waals surface area contributed by atoms with Gasteiger partial charge in [0.1, 0.15) is 0 Å². The molecule has 1 rings (SSSR count). The first-order valence-electron chi connectivity index (χ1n) is 6.03. The molecule has 2 heteroatoms. The molecule has 1 amide bonds. The molecule has 0 aromatic rings. The van der Waals surface area contributed by atoms with Crippen molar-refractivity contribution >= 4 is 5.91 Å². The molecule has 2 unspecified atom stereocenters. The molecule has 1 fully saturated rings. The van der Waals surface area contributed by atoms with Gasteiger partial charge in [0.15, 0.2) is 0 Å². The monoisotopic (exact) mass is 197 g/mol. The van der Waals surface area contributed by atoms with Crippen LogP contribution in [-0.4, -0.2) is 11.9 Å². The second-order valence-corrected chi connectivity index (χ2v) is 4.54. The van der Waals surface area contributed by atoms with E-state index in [4.69, 9.17) is 0 Å². The molecule has 1 aliphatic rings. The molecule has 0 spiro atoms. The largest absolute Gasteiger partial charge is 0.353 e. The maximum absolute atomic E-state index is 11.0. The molecule has 1 heterocycles. The van der Waals surface area contributed by atoms with Crippen LogP contribution in [-0.2, 0) is 4.79 Å². The lowest BCUT2D eigenvalue weighted by Crippen LogP contribution is -2.31. The summed E-state index contributed by atoms with van der Waals surface area (Å²) < 4.78 is 0. The van der Waals surface area contributed by atoms with Crippen LogP contribution in [0.3, 0.4) is 0 Å². The third-order valence-corrected chi connectivity index (χ3v) is 3.23. The number of carbonyl (C=O) groups is 1. The standard InChI is InChI=1S/C12H23NO/c1-3-4-5-6-7-10(2)11-8-9-12(14)13-11/h10-11H,3-9H2,1-2H3,(H,13,14). The Morgan fingerprint density at radius 2 is 2.21 bits per heavy atom. The molecule has 0 aliphatic carbocycles. The summed E-state index contributed by atoms with van der Waals surface area (Å²) in [5, 5.41) is 3.06. The van der Waals surface area contributed by atoms with E-state index in [0.29, 0.717) is 12.0 Å². The third-order valence-electron chi connectivity index (χ3n) is 3.23. The first-order chi connectivity index (χ1) is 6.74. The van der Waals surface area contributed by atoms with E-state index < -0.39 is 0 Å². The average Bonchev–Trinajstić information content (AvgIpc) is 2.59. The van der Waals surface area contributed by atoms with Crippen molar-refractivity contribution in [2.45, 2.75) is 64.8 Å². The summed E-state index contributed by atoms with van der Waals surface area (Å²) in [6.45, 7) is 4.50. The minimum Gasteiger partial charge on any atom is -0.353 e. The highest BCUT2D eigenvalue weighted by Crippen LogP contribution is 2.20. The van der Waals surface area contributed by atoms with E-state index in [9.17, 15) is 4.79 Å². The van der Waals surface area contributed by atoms with Crippen LogP contribution in [0.1, 0.15) is 58.8 Å². The van der Waals surface area contributed by atoms with Crippen molar-refractivity contribution in [1.82, 2.24) is 5.32 Å². The minimum absolute atomic E-state index is 0.246. The number of unbranched alkanes of at least 4 members (excludes halogenated alkanes) is 3. The Balaban J connectivity index is 2.09. The number of rotatable bonds is 6. The Hall–Kier alpha value is -0.530. The van der Waals surface area contributed by atoms with Crippen LogP contribution in [0.15, 0.2) is 0 Å². The van der Waals surface area contributed by atoms with Gasteiger partial charge in [-0.2, -0.15) is 0 Å². The van der Waals surface area contributed by atoms with Gasteiger partial charge in [-0.05, 0) is 18.8 Å². The molecule has 14 heavy (non-hydrogen) atoms. The van der Waals surface area contributed by atoms with Crippen molar-refractivity contribution in [2.24, 2.45) is 5.92 Å². The van der Waals surface area contributed by atoms with E-state index in [2.05, 4.69) is 19.2 Å². The van der Waals surface area contributed by atoms with Gasteiger partial charge in [0, 0.05) is 12.5 Å². The summed E-state index contributed by atoms with van der Waals surface area (Å²) in [4.78, 5) is 11.0. The summed E-state index contributed by atoms with van der Waals surface area (Å²) in [5.41, 5.74) is 0. The van der Waals surface area contributed by atoms with E-state index in [1.165, 1.54) is 32.1 Å². The summed E-state index contributed by atoms with van der Waals surface area (Å²) in [6, 6.07) is 0.462. The van der Waals surface area contributed by atoms with Gasteiger partial charge in [0.2, 0.25) is 5.91 Å². The summed E-state index contributed by atoms with van der Waals surface area (Å²) in [7, 11) is 0. The van der Waals surface area contributed by atoms with Crippen molar-refractivity contribution in [1.29, 1.82) is 0 Å². The molecule has 0 aromatic carbocycles. The smallest absolute Gasteiger partial charge is 0.220 e. The van der Waals surface area contributed by atoms with E-state index in [1.807, 2.05) is 0 Å². The van der Waals surface area contributed by atoms with Gasteiger partial charge in [-0.1, -0.05) is 39.5 Å². The summed E-state index contributed by atoms with van der Waals surface area (Å²) in [5.74, 6) is 0.911. The van der Waals surface area contributed by atoms with Crippen molar-refractivity contribution in [3.05, 3.63) is 0 Å². The highest BCUT2D eigenvalue weighted by molar-refractivity contribution is 5.78. The molecular weight excluding hydrogens is 174 g/mol. The average molecular weight is 197 g/mol. The van der Waals surface area contributed by atoms with Crippen molar-refractivity contribution < 1.29 is 4.79 Å². The van der Waals surface area contributed by atoms with E-state index in [0.717, 1.165) is 12.8 Å². The number of hydrogen-bond donors (Lipinski definition) is 1. The Bertz CT molecular complexity index is 179. The Kier molecular flexibility index (Phi) is 4.99. The third kappa shape index (κ3) is 3.69. The number of amides is 1. The molecule has 0 saturated carbocycles. The highest BCUT2D eigenvalue weighted by atomic mass is 16.1.